The standard InChI is InChI=1S/C60H46N2/c1-59(2)52-23-14-12-21-47(52)58-53(59)24-15-25-56(58)61(44-31-26-40(27-32-44)39-16-7-5-8-17-39)45-33-28-41(29-34-45)42-30-35-55-49(36-42)50-37-48-46-20-11-13-22-51(46)60(3,4)54(48)38-57(50)62(55)43-18-9-6-10-19-43/h5-38H,1-4H3. The maximum Gasteiger partial charge on any atom is 0.0544 e. The zero-order chi connectivity index (χ0) is 41.7. The highest BCUT2D eigenvalue weighted by atomic mass is 15.1. The Hall–Kier alpha value is -7.42. The normalized spacial score (nSPS) is 14.1. The van der Waals surface area contributed by atoms with Crippen LogP contribution in [0.25, 0.3) is 72.0 Å². The van der Waals surface area contributed by atoms with Crippen LogP contribution in [0.15, 0.2) is 206 Å². The van der Waals surface area contributed by atoms with Crippen LogP contribution < -0.4 is 4.90 Å². The molecular weight excluding hydrogens is 749 g/mol. The topological polar surface area (TPSA) is 8.17 Å². The zero-order valence-corrected chi connectivity index (χ0v) is 35.5. The molecule has 2 nitrogen and oxygen atoms in total. The average molecular weight is 795 g/mol. The van der Waals surface area contributed by atoms with Gasteiger partial charge in [-0.05, 0) is 128 Å². The van der Waals surface area contributed by atoms with Gasteiger partial charge in [0, 0.05) is 44.2 Å². The maximum atomic E-state index is 2.47. The minimum atomic E-state index is -0.101. The predicted molar refractivity (Wildman–Crippen MR) is 261 cm³/mol. The first kappa shape index (κ1) is 36.4. The molecule has 0 saturated heterocycles. The fourth-order valence-corrected chi connectivity index (χ4v) is 10.8. The molecule has 0 bridgehead atoms. The number of fused-ring (bicyclic) bond motifs is 9. The molecular formula is C60H46N2. The predicted octanol–water partition coefficient (Wildman–Crippen LogP) is 16.2. The van der Waals surface area contributed by atoms with Crippen LogP contribution >= 0.6 is 0 Å². The molecule has 2 heteroatoms. The number of hydrogen-bond donors (Lipinski definition) is 0. The lowest BCUT2D eigenvalue weighted by Crippen LogP contribution is -2.16. The van der Waals surface area contributed by atoms with Crippen molar-refractivity contribution < 1.29 is 0 Å². The number of para-hydroxylation sites is 1. The summed E-state index contributed by atoms with van der Waals surface area (Å²) in [6, 6.07) is 76.4. The number of aromatic nitrogens is 1. The van der Waals surface area contributed by atoms with E-state index >= 15 is 0 Å². The van der Waals surface area contributed by atoms with E-state index < -0.39 is 0 Å². The van der Waals surface area contributed by atoms with E-state index in [1.165, 1.54) is 99.9 Å². The first-order valence-corrected chi connectivity index (χ1v) is 21.8. The summed E-state index contributed by atoms with van der Waals surface area (Å²) in [4.78, 5) is 2.45. The van der Waals surface area contributed by atoms with Crippen molar-refractivity contribution in [1.29, 1.82) is 0 Å². The summed E-state index contributed by atoms with van der Waals surface area (Å²) in [6.45, 7) is 9.45. The first-order valence-electron chi connectivity index (χ1n) is 21.8. The molecule has 1 aromatic heterocycles. The summed E-state index contributed by atoms with van der Waals surface area (Å²) in [5.74, 6) is 0. The molecule has 0 unspecified atom stereocenters. The number of benzene rings is 9. The minimum absolute atomic E-state index is 0.0811. The fraction of sp³-hybridized carbons (Fsp3) is 0.100. The van der Waals surface area contributed by atoms with Gasteiger partial charge >= 0.3 is 0 Å². The lowest BCUT2D eigenvalue weighted by Gasteiger charge is -2.29. The van der Waals surface area contributed by atoms with Gasteiger partial charge in [-0.3, -0.25) is 0 Å². The van der Waals surface area contributed by atoms with Gasteiger partial charge in [0.05, 0.1) is 16.7 Å². The van der Waals surface area contributed by atoms with Gasteiger partial charge in [-0.15, -0.1) is 0 Å². The molecule has 2 aliphatic rings. The number of anilines is 3. The highest BCUT2D eigenvalue weighted by Crippen LogP contribution is 2.55. The molecule has 0 aliphatic heterocycles. The fourth-order valence-electron chi connectivity index (χ4n) is 10.8. The largest absolute Gasteiger partial charge is 0.310 e. The van der Waals surface area contributed by atoms with Crippen molar-refractivity contribution >= 4 is 38.9 Å². The van der Waals surface area contributed by atoms with Crippen molar-refractivity contribution in [2.75, 3.05) is 4.90 Å². The molecule has 0 spiro atoms. The molecule has 2 aliphatic carbocycles. The summed E-state index contributed by atoms with van der Waals surface area (Å²) in [5.41, 5.74) is 22.5. The van der Waals surface area contributed by atoms with Crippen LogP contribution in [0.2, 0.25) is 0 Å². The Labute approximate surface area is 364 Å². The van der Waals surface area contributed by atoms with E-state index in [2.05, 4.69) is 243 Å². The van der Waals surface area contributed by atoms with Crippen molar-refractivity contribution in [1.82, 2.24) is 4.57 Å². The molecule has 62 heavy (non-hydrogen) atoms. The Morgan fingerprint density at radius 2 is 0.871 bits per heavy atom. The monoisotopic (exact) mass is 794 g/mol. The maximum absolute atomic E-state index is 2.47. The van der Waals surface area contributed by atoms with E-state index in [-0.39, 0.29) is 10.8 Å². The molecule has 0 atom stereocenters. The Balaban J connectivity index is 1.01. The summed E-state index contributed by atoms with van der Waals surface area (Å²) in [5, 5.41) is 2.54. The highest BCUT2D eigenvalue weighted by Gasteiger charge is 2.38. The Kier molecular flexibility index (Phi) is 7.96. The summed E-state index contributed by atoms with van der Waals surface area (Å²) >= 11 is 0. The van der Waals surface area contributed by atoms with Crippen molar-refractivity contribution in [3.63, 3.8) is 0 Å². The summed E-state index contributed by atoms with van der Waals surface area (Å²) in [7, 11) is 0. The molecule has 0 amide bonds. The van der Waals surface area contributed by atoms with Gasteiger partial charge in [0.15, 0.2) is 0 Å². The molecule has 0 radical (unpaired) electrons. The molecule has 12 rings (SSSR count). The third kappa shape index (κ3) is 5.36. The SMILES string of the molecule is CC1(C)c2ccccc2-c2cc3c4cc(-c5ccc(N(c6ccc(-c7ccccc7)cc6)c6cccc7c6-c6ccccc6C7(C)C)cc5)ccc4n(-c4ccccc4)c3cc21. The van der Waals surface area contributed by atoms with E-state index in [4.69, 9.17) is 0 Å². The molecule has 0 saturated carbocycles. The minimum Gasteiger partial charge on any atom is -0.310 e. The second kappa shape index (κ2) is 13.5. The van der Waals surface area contributed by atoms with E-state index in [9.17, 15) is 0 Å². The number of nitrogens with zero attached hydrogens (tertiary/aromatic N) is 2. The van der Waals surface area contributed by atoms with Crippen LogP contribution in [0.3, 0.4) is 0 Å². The van der Waals surface area contributed by atoms with Crippen molar-refractivity contribution in [3.05, 3.63) is 229 Å². The van der Waals surface area contributed by atoms with Gasteiger partial charge < -0.3 is 9.47 Å². The lowest BCUT2D eigenvalue weighted by atomic mass is 9.82. The quantitative estimate of drug-likeness (QED) is 0.163. The first-order chi connectivity index (χ1) is 30.3. The van der Waals surface area contributed by atoms with E-state index in [0.29, 0.717) is 0 Å². The van der Waals surface area contributed by atoms with Crippen LogP contribution in [0.1, 0.15) is 49.9 Å². The number of rotatable bonds is 6. The van der Waals surface area contributed by atoms with Crippen LogP contribution in [0.4, 0.5) is 17.1 Å². The van der Waals surface area contributed by atoms with Gasteiger partial charge in [-0.2, -0.15) is 0 Å². The zero-order valence-electron chi connectivity index (χ0n) is 35.5. The molecule has 10 aromatic rings. The Morgan fingerprint density at radius 3 is 1.56 bits per heavy atom. The van der Waals surface area contributed by atoms with Gasteiger partial charge in [-0.1, -0.05) is 167 Å². The lowest BCUT2D eigenvalue weighted by molar-refractivity contribution is 0.660. The van der Waals surface area contributed by atoms with E-state index in [1.54, 1.807) is 0 Å². The molecule has 1 heterocycles. The van der Waals surface area contributed by atoms with Gasteiger partial charge in [0.1, 0.15) is 0 Å². The van der Waals surface area contributed by atoms with E-state index in [1.807, 2.05) is 0 Å². The molecule has 0 N–H and O–H groups in total. The Morgan fingerprint density at radius 1 is 0.355 bits per heavy atom. The molecule has 9 aromatic carbocycles. The summed E-state index contributed by atoms with van der Waals surface area (Å²) in [6.07, 6.45) is 0. The van der Waals surface area contributed by atoms with Crippen molar-refractivity contribution in [2.24, 2.45) is 0 Å². The molecule has 296 valence electrons. The van der Waals surface area contributed by atoms with Crippen LogP contribution in [0, 0.1) is 0 Å². The van der Waals surface area contributed by atoms with E-state index in [0.717, 1.165) is 11.4 Å². The molecule has 0 fully saturated rings. The van der Waals surface area contributed by atoms with Crippen LogP contribution in [-0.4, -0.2) is 4.57 Å². The van der Waals surface area contributed by atoms with Gasteiger partial charge in [0.2, 0.25) is 0 Å². The average Bonchev–Trinajstić information content (AvgIpc) is 3.86. The Bertz CT molecular complexity index is 3370. The third-order valence-corrected chi connectivity index (χ3v) is 14.0. The highest BCUT2D eigenvalue weighted by molar-refractivity contribution is 6.13. The smallest absolute Gasteiger partial charge is 0.0544 e. The third-order valence-electron chi connectivity index (χ3n) is 14.0. The van der Waals surface area contributed by atoms with Crippen molar-refractivity contribution in [2.45, 2.75) is 38.5 Å². The van der Waals surface area contributed by atoms with Crippen LogP contribution in [-0.2, 0) is 10.8 Å². The second-order valence-corrected chi connectivity index (χ2v) is 18.2. The summed E-state index contributed by atoms with van der Waals surface area (Å²) < 4.78 is 2.45. The van der Waals surface area contributed by atoms with Gasteiger partial charge in [-0.25, -0.2) is 0 Å². The van der Waals surface area contributed by atoms with Crippen molar-refractivity contribution in [3.8, 4) is 50.2 Å². The van der Waals surface area contributed by atoms with Gasteiger partial charge in [0.25, 0.3) is 0 Å². The van der Waals surface area contributed by atoms with Crippen LogP contribution in [0.5, 0.6) is 0 Å². The second-order valence-electron chi connectivity index (χ2n) is 18.2. The number of hydrogen-bond acceptors (Lipinski definition) is 1.